The van der Waals surface area contributed by atoms with Crippen molar-refractivity contribution in [2.45, 2.75) is 45.1 Å². The van der Waals surface area contributed by atoms with Gasteiger partial charge < -0.3 is 9.88 Å². The van der Waals surface area contributed by atoms with E-state index in [-0.39, 0.29) is 0 Å². The van der Waals surface area contributed by atoms with E-state index in [9.17, 15) is 0 Å². The van der Waals surface area contributed by atoms with Crippen molar-refractivity contribution in [3.63, 3.8) is 0 Å². The van der Waals surface area contributed by atoms with Crippen LogP contribution in [0, 0.1) is 0 Å². The predicted molar refractivity (Wildman–Crippen MR) is 63.8 cm³/mol. The zero-order valence-electron chi connectivity index (χ0n) is 10.2. The van der Waals surface area contributed by atoms with Crippen LogP contribution in [0.25, 0.3) is 0 Å². The number of nitrogens with zero attached hydrogens (tertiary/aromatic N) is 2. The second-order valence-electron chi connectivity index (χ2n) is 4.09. The van der Waals surface area contributed by atoms with Gasteiger partial charge in [-0.05, 0) is 13.5 Å². The Bertz CT molecular complexity index is 268. The largest absolute Gasteiger partial charge is 0.337 e. The van der Waals surface area contributed by atoms with Gasteiger partial charge in [0.2, 0.25) is 0 Å². The van der Waals surface area contributed by atoms with Gasteiger partial charge >= 0.3 is 0 Å². The Balaban J connectivity index is 2.39. The fraction of sp³-hybridized carbons (Fsp3) is 0.750. The average molecular weight is 209 g/mol. The highest BCUT2D eigenvalue weighted by molar-refractivity contribution is 4.98. The first-order chi connectivity index (χ1) is 7.29. The third kappa shape index (κ3) is 3.67. The maximum absolute atomic E-state index is 4.39. The molecule has 1 rings (SSSR count). The van der Waals surface area contributed by atoms with Gasteiger partial charge in [-0.15, -0.1) is 0 Å². The van der Waals surface area contributed by atoms with E-state index in [0.29, 0.717) is 6.04 Å². The zero-order valence-corrected chi connectivity index (χ0v) is 10.2. The van der Waals surface area contributed by atoms with Crippen molar-refractivity contribution in [1.29, 1.82) is 0 Å². The van der Waals surface area contributed by atoms with Crippen LogP contribution >= 0.6 is 0 Å². The van der Waals surface area contributed by atoms with Crippen LogP contribution in [0.15, 0.2) is 12.4 Å². The van der Waals surface area contributed by atoms with E-state index >= 15 is 0 Å². The van der Waals surface area contributed by atoms with E-state index in [2.05, 4.69) is 28.8 Å². The minimum absolute atomic E-state index is 0.404. The number of hydrogen-bond acceptors (Lipinski definition) is 2. The van der Waals surface area contributed by atoms with Gasteiger partial charge in [-0.1, -0.05) is 32.6 Å². The summed E-state index contributed by atoms with van der Waals surface area (Å²) in [7, 11) is 4.07. The van der Waals surface area contributed by atoms with E-state index in [1.165, 1.54) is 32.1 Å². The number of imidazole rings is 1. The first kappa shape index (κ1) is 12.2. The fourth-order valence-electron chi connectivity index (χ4n) is 1.89. The fourth-order valence-corrected chi connectivity index (χ4v) is 1.89. The average Bonchev–Trinajstić information content (AvgIpc) is 2.65. The van der Waals surface area contributed by atoms with Gasteiger partial charge in [0.05, 0.1) is 6.04 Å². The molecule has 0 amide bonds. The quantitative estimate of drug-likeness (QED) is 0.700. The summed E-state index contributed by atoms with van der Waals surface area (Å²) in [6.45, 7) is 2.24. The molecule has 1 aromatic heterocycles. The van der Waals surface area contributed by atoms with Crippen molar-refractivity contribution in [2.24, 2.45) is 7.05 Å². The van der Waals surface area contributed by atoms with Crippen molar-refractivity contribution in [3.05, 3.63) is 18.2 Å². The molecule has 1 N–H and O–H groups in total. The molecule has 0 aliphatic carbocycles. The van der Waals surface area contributed by atoms with E-state index in [1.807, 2.05) is 19.4 Å². The van der Waals surface area contributed by atoms with Gasteiger partial charge in [0.15, 0.2) is 0 Å². The van der Waals surface area contributed by atoms with Crippen molar-refractivity contribution in [2.75, 3.05) is 7.05 Å². The van der Waals surface area contributed by atoms with Gasteiger partial charge in [0.1, 0.15) is 5.82 Å². The first-order valence-electron chi connectivity index (χ1n) is 5.94. The summed E-state index contributed by atoms with van der Waals surface area (Å²) < 4.78 is 2.10. The number of rotatable bonds is 7. The summed E-state index contributed by atoms with van der Waals surface area (Å²) in [5, 5.41) is 3.34. The van der Waals surface area contributed by atoms with Crippen LogP contribution in [0.1, 0.15) is 50.9 Å². The molecule has 0 saturated carbocycles. The number of aromatic nitrogens is 2. The molecule has 3 nitrogen and oxygen atoms in total. The minimum atomic E-state index is 0.404. The minimum Gasteiger partial charge on any atom is -0.337 e. The molecule has 0 aliphatic rings. The molecule has 0 fully saturated rings. The summed E-state index contributed by atoms with van der Waals surface area (Å²) in [5.41, 5.74) is 0. The zero-order chi connectivity index (χ0) is 11.1. The topological polar surface area (TPSA) is 29.9 Å². The molecular weight excluding hydrogens is 186 g/mol. The lowest BCUT2D eigenvalue weighted by Crippen LogP contribution is -2.19. The molecular formula is C12H23N3. The summed E-state index contributed by atoms with van der Waals surface area (Å²) >= 11 is 0. The number of hydrogen-bond donors (Lipinski definition) is 1. The van der Waals surface area contributed by atoms with Crippen LogP contribution < -0.4 is 5.32 Å². The molecule has 1 aromatic rings. The Morgan fingerprint density at radius 3 is 2.73 bits per heavy atom. The Labute approximate surface area is 92.9 Å². The molecule has 1 heterocycles. The monoisotopic (exact) mass is 209 g/mol. The molecule has 0 aromatic carbocycles. The van der Waals surface area contributed by atoms with Crippen molar-refractivity contribution >= 4 is 0 Å². The predicted octanol–water partition coefficient (Wildman–Crippen LogP) is 2.65. The van der Waals surface area contributed by atoms with Crippen LogP contribution in [-0.4, -0.2) is 16.6 Å². The Morgan fingerprint density at radius 1 is 1.40 bits per heavy atom. The molecule has 0 aliphatic heterocycles. The lowest BCUT2D eigenvalue weighted by molar-refractivity contribution is 0.473. The molecule has 0 bridgehead atoms. The molecule has 0 spiro atoms. The Kier molecular flexibility index (Phi) is 5.40. The lowest BCUT2D eigenvalue weighted by Gasteiger charge is -2.15. The smallest absolute Gasteiger partial charge is 0.125 e. The molecule has 1 atom stereocenters. The van der Waals surface area contributed by atoms with Crippen molar-refractivity contribution < 1.29 is 0 Å². The summed E-state index contributed by atoms with van der Waals surface area (Å²) in [4.78, 5) is 4.39. The molecule has 0 radical (unpaired) electrons. The van der Waals surface area contributed by atoms with Gasteiger partial charge in [-0.25, -0.2) is 4.98 Å². The highest BCUT2D eigenvalue weighted by Gasteiger charge is 2.12. The van der Waals surface area contributed by atoms with Gasteiger partial charge in [0.25, 0.3) is 0 Å². The van der Waals surface area contributed by atoms with E-state index in [0.717, 1.165) is 5.82 Å². The molecule has 15 heavy (non-hydrogen) atoms. The molecule has 0 saturated heterocycles. The van der Waals surface area contributed by atoms with E-state index in [1.54, 1.807) is 0 Å². The SMILES string of the molecule is CCCCCCC(NC)c1nccn1C. The van der Waals surface area contributed by atoms with Crippen LogP contribution in [0.4, 0.5) is 0 Å². The van der Waals surface area contributed by atoms with Crippen LogP contribution in [0.3, 0.4) is 0 Å². The number of aryl methyl sites for hydroxylation is 1. The number of nitrogens with one attached hydrogen (secondary N) is 1. The summed E-state index contributed by atoms with van der Waals surface area (Å²) in [6.07, 6.45) is 10.3. The van der Waals surface area contributed by atoms with E-state index in [4.69, 9.17) is 0 Å². The standard InChI is InChI=1S/C12H23N3/c1-4-5-6-7-8-11(13-2)12-14-9-10-15(12)3/h9-11,13H,4-8H2,1-3H3. The maximum atomic E-state index is 4.39. The first-order valence-corrected chi connectivity index (χ1v) is 5.94. The maximum Gasteiger partial charge on any atom is 0.125 e. The normalized spacial score (nSPS) is 13.0. The second kappa shape index (κ2) is 6.62. The van der Waals surface area contributed by atoms with Crippen molar-refractivity contribution in [3.8, 4) is 0 Å². The molecule has 3 heteroatoms. The van der Waals surface area contributed by atoms with E-state index < -0.39 is 0 Å². The molecule has 86 valence electrons. The van der Waals surface area contributed by atoms with Crippen LogP contribution in [0.2, 0.25) is 0 Å². The van der Waals surface area contributed by atoms with Gasteiger partial charge in [-0.2, -0.15) is 0 Å². The van der Waals surface area contributed by atoms with Crippen molar-refractivity contribution in [1.82, 2.24) is 14.9 Å². The van der Waals surface area contributed by atoms with Gasteiger partial charge in [0, 0.05) is 19.4 Å². The van der Waals surface area contributed by atoms with Crippen LogP contribution in [0.5, 0.6) is 0 Å². The third-order valence-corrected chi connectivity index (χ3v) is 2.86. The lowest BCUT2D eigenvalue weighted by atomic mass is 10.1. The Morgan fingerprint density at radius 2 is 2.20 bits per heavy atom. The highest BCUT2D eigenvalue weighted by atomic mass is 15.1. The third-order valence-electron chi connectivity index (χ3n) is 2.86. The summed E-state index contributed by atoms with van der Waals surface area (Å²) in [5.74, 6) is 1.15. The second-order valence-corrected chi connectivity index (χ2v) is 4.09. The summed E-state index contributed by atoms with van der Waals surface area (Å²) in [6, 6.07) is 0.404. The highest BCUT2D eigenvalue weighted by Crippen LogP contribution is 2.17. The molecule has 1 unspecified atom stereocenters. The Hall–Kier alpha value is -0.830. The van der Waals surface area contributed by atoms with Gasteiger partial charge in [-0.3, -0.25) is 0 Å². The number of unbranched alkanes of at least 4 members (excludes halogenated alkanes) is 3. The van der Waals surface area contributed by atoms with Crippen LogP contribution in [-0.2, 0) is 7.05 Å².